The number of amides is 3. The highest BCUT2D eigenvalue weighted by atomic mass is 16.6. The van der Waals surface area contributed by atoms with Crippen molar-refractivity contribution >= 4 is 12.1 Å². The largest absolute Gasteiger partial charge is 0.449 e. The second kappa shape index (κ2) is 20.5. The van der Waals surface area contributed by atoms with E-state index in [2.05, 4.69) is 26.1 Å². The van der Waals surface area contributed by atoms with Gasteiger partial charge in [0.2, 0.25) is 0 Å². The first-order chi connectivity index (χ1) is 13.7. The summed E-state index contributed by atoms with van der Waals surface area (Å²) >= 11 is 0. The van der Waals surface area contributed by atoms with Crippen LogP contribution in [0.4, 0.5) is 9.59 Å². The van der Waals surface area contributed by atoms with Crippen LogP contribution < -0.4 is 5.32 Å². The van der Waals surface area contributed by atoms with Crippen LogP contribution in [0.15, 0.2) is 0 Å². The Hall–Kier alpha value is -1.26. The Morgan fingerprint density at radius 1 is 0.679 bits per heavy atom. The van der Waals surface area contributed by atoms with Crippen LogP contribution in [0.3, 0.4) is 0 Å². The van der Waals surface area contributed by atoms with E-state index in [4.69, 9.17) is 4.74 Å². The van der Waals surface area contributed by atoms with Crippen LogP contribution in [-0.2, 0) is 4.74 Å². The molecule has 0 fully saturated rings. The van der Waals surface area contributed by atoms with Gasteiger partial charge in [-0.15, -0.1) is 0 Å². The fraction of sp³-hybridized carbons (Fsp3) is 0.913. The Labute approximate surface area is 174 Å². The zero-order valence-corrected chi connectivity index (χ0v) is 18.9. The first kappa shape index (κ1) is 26.7. The average molecular weight is 399 g/mol. The number of rotatable bonds is 18. The molecule has 0 saturated carbocycles. The number of nitrogens with zero attached hydrogens (tertiary/aromatic N) is 1. The number of hydrogen-bond donors (Lipinski definition) is 1. The first-order valence-electron chi connectivity index (χ1n) is 11.9. The maximum Gasteiger partial charge on any atom is 0.417 e. The number of hydrogen-bond acceptors (Lipinski definition) is 3. The number of ether oxygens (including phenoxy) is 1. The molecule has 0 aliphatic carbocycles. The lowest BCUT2D eigenvalue weighted by Crippen LogP contribution is -2.45. The van der Waals surface area contributed by atoms with Crippen LogP contribution in [0, 0.1) is 0 Å². The smallest absolute Gasteiger partial charge is 0.417 e. The second-order valence-electron chi connectivity index (χ2n) is 7.74. The molecule has 0 bridgehead atoms. The molecule has 0 spiro atoms. The van der Waals surface area contributed by atoms with Crippen molar-refractivity contribution in [1.29, 1.82) is 0 Å². The number of carbonyl (C=O) groups excluding carboxylic acids is 2. The molecule has 0 saturated heterocycles. The van der Waals surface area contributed by atoms with E-state index in [-0.39, 0.29) is 6.03 Å². The molecule has 28 heavy (non-hydrogen) atoms. The summed E-state index contributed by atoms with van der Waals surface area (Å²) in [6.45, 7) is 8.02. The summed E-state index contributed by atoms with van der Waals surface area (Å²) in [7, 11) is 0. The van der Waals surface area contributed by atoms with E-state index in [1.807, 2.05) is 0 Å². The molecule has 0 unspecified atom stereocenters. The summed E-state index contributed by atoms with van der Waals surface area (Å²) in [5.41, 5.74) is 0. The van der Waals surface area contributed by atoms with Crippen LogP contribution >= 0.6 is 0 Å². The molecule has 1 N–H and O–H groups in total. The second-order valence-corrected chi connectivity index (χ2v) is 7.74. The van der Waals surface area contributed by atoms with Gasteiger partial charge in [-0.25, -0.2) is 14.5 Å². The van der Waals surface area contributed by atoms with Crippen LogP contribution in [-0.4, -0.2) is 36.7 Å². The Balaban J connectivity index is 4.26. The van der Waals surface area contributed by atoms with Crippen LogP contribution in [0.2, 0.25) is 0 Å². The van der Waals surface area contributed by atoms with Gasteiger partial charge >= 0.3 is 12.1 Å². The van der Waals surface area contributed by atoms with Crippen molar-refractivity contribution in [3.8, 4) is 0 Å². The molecule has 0 atom stereocenters. The molecule has 5 heteroatoms. The summed E-state index contributed by atoms with van der Waals surface area (Å²) in [5, 5.41) is 2.90. The van der Waals surface area contributed by atoms with E-state index in [9.17, 15) is 9.59 Å². The van der Waals surface area contributed by atoms with E-state index in [1.54, 1.807) is 0 Å². The summed E-state index contributed by atoms with van der Waals surface area (Å²) in [4.78, 5) is 26.2. The number of unbranched alkanes of at least 4 members (excludes halogenated alkanes) is 12. The van der Waals surface area contributed by atoms with Crippen molar-refractivity contribution in [3.05, 3.63) is 0 Å². The Morgan fingerprint density at radius 2 is 1.18 bits per heavy atom. The molecule has 0 aromatic rings. The highest BCUT2D eigenvalue weighted by Crippen LogP contribution is 2.08. The van der Waals surface area contributed by atoms with E-state index < -0.39 is 6.09 Å². The summed E-state index contributed by atoms with van der Waals surface area (Å²) in [6.07, 6.45) is 16.2. The van der Waals surface area contributed by atoms with Crippen molar-refractivity contribution in [2.24, 2.45) is 0 Å². The molecule has 3 amide bonds. The van der Waals surface area contributed by atoms with Crippen molar-refractivity contribution in [2.45, 2.75) is 117 Å². The van der Waals surface area contributed by atoms with Gasteiger partial charge in [0, 0.05) is 13.1 Å². The summed E-state index contributed by atoms with van der Waals surface area (Å²) in [5.74, 6) is 0. The minimum atomic E-state index is -0.491. The third-order valence-corrected chi connectivity index (χ3v) is 4.98. The molecule has 0 aromatic heterocycles. The third-order valence-electron chi connectivity index (χ3n) is 4.98. The van der Waals surface area contributed by atoms with Gasteiger partial charge < -0.3 is 10.1 Å². The monoisotopic (exact) mass is 398 g/mol. The number of nitrogens with one attached hydrogen (secondary N) is 1. The fourth-order valence-electron chi connectivity index (χ4n) is 3.11. The molecule has 0 aromatic carbocycles. The van der Waals surface area contributed by atoms with E-state index in [1.165, 1.54) is 56.3 Å². The number of carbonyl (C=O) groups is 2. The standard InChI is InChI=1S/C23H46N2O3/c1-4-7-10-13-16-19-24-22(26)25(20-17-14-11-8-5-2)23(27)28-21-18-15-12-9-6-3/h4-21H2,1-3H3,(H,24,26). The molecule has 166 valence electrons. The van der Waals surface area contributed by atoms with Gasteiger partial charge in [-0.3, -0.25) is 0 Å². The van der Waals surface area contributed by atoms with Gasteiger partial charge in [0.05, 0.1) is 6.61 Å². The van der Waals surface area contributed by atoms with Crippen molar-refractivity contribution in [2.75, 3.05) is 19.7 Å². The normalized spacial score (nSPS) is 10.7. The molecular weight excluding hydrogens is 352 g/mol. The molecule has 0 aliphatic rings. The maximum atomic E-state index is 12.5. The van der Waals surface area contributed by atoms with Crippen LogP contribution in [0.5, 0.6) is 0 Å². The van der Waals surface area contributed by atoms with Gasteiger partial charge in [-0.2, -0.15) is 0 Å². The molecule has 0 aliphatic heterocycles. The molecule has 0 radical (unpaired) electrons. The average Bonchev–Trinajstić information content (AvgIpc) is 2.69. The zero-order valence-electron chi connectivity index (χ0n) is 18.9. The molecule has 5 nitrogen and oxygen atoms in total. The highest BCUT2D eigenvalue weighted by molar-refractivity contribution is 5.90. The SMILES string of the molecule is CCCCCCCNC(=O)N(CCCCCCC)C(=O)OCCCCCCC. The quantitative estimate of drug-likeness (QED) is 0.252. The minimum absolute atomic E-state index is 0.304. The van der Waals surface area contributed by atoms with Gasteiger partial charge in [0.1, 0.15) is 0 Å². The fourth-order valence-corrected chi connectivity index (χ4v) is 3.11. The Kier molecular flexibility index (Phi) is 19.6. The third kappa shape index (κ3) is 15.8. The summed E-state index contributed by atoms with van der Waals surface area (Å²) in [6, 6.07) is -0.304. The lowest BCUT2D eigenvalue weighted by molar-refractivity contribution is 0.107. The molecule has 0 heterocycles. The lowest BCUT2D eigenvalue weighted by Gasteiger charge is -2.21. The van der Waals surface area contributed by atoms with Gasteiger partial charge in [-0.1, -0.05) is 97.8 Å². The van der Waals surface area contributed by atoms with E-state index >= 15 is 0 Å². The summed E-state index contributed by atoms with van der Waals surface area (Å²) < 4.78 is 5.37. The lowest BCUT2D eigenvalue weighted by atomic mass is 10.1. The minimum Gasteiger partial charge on any atom is -0.449 e. The predicted octanol–water partition coefficient (Wildman–Crippen LogP) is 7.05. The van der Waals surface area contributed by atoms with Crippen molar-refractivity contribution < 1.29 is 14.3 Å². The topological polar surface area (TPSA) is 58.6 Å². The first-order valence-corrected chi connectivity index (χ1v) is 11.9. The Morgan fingerprint density at radius 3 is 1.75 bits per heavy atom. The zero-order chi connectivity index (χ0) is 20.9. The van der Waals surface area contributed by atoms with Gasteiger partial charge in [-0.05, 0) is 19.3 Å². The predicted molar refractivity (Wildman–Crippen MR) is 118 cm³/mol. The molecular formula is C23H46N2O3. The molecule has 0 rings (SSSR count). The van der Waals surface area contributed by atoms with Crippen molar-refractivity contribution in [3.63, 3.8) is 0 Å². The van der Waals surface area contributed by atoms with E-state index in [0.717, 1.165) is 44.9 Å². The van der Waals surface area contributed by atoms with E-state index in [0.29, 0.717) is 19.7 Å². The van der Waals surface area contributed by atoms with Gasteiger partial charge in [0.25, 0.3) is 0 Å². The number of imide groups is 1. The maximum absolute atomic E-state index is 12.5. The van der Waals surface area contributed by atoms with Crippen molar-refractivity contribution in [1.82, 2.24) is 10.2 Å². The number of urea groups is 1. The van der Waals surface area contributed by atoms with Crippen LogP contribution in [0.1, 0.15) is 117 Å². The Bertz CT molecular complexity index is 347. The van der Waals surface area contributed by atoms with Crippen LogP contribution in [0.25, 0.3) is 0 Å². The highest BCUT2D eigenvalue weighted by Gasteiger charge is 2.22. The van der Waals surface area contributed by atoms with Gasteiger partial charge in [0.15, 0.2) is 0 Å².